The summed E-state index contributed by atoms with van der Waals surface area (Å²) in [5, 5.41) is 0. The molecule has 1 aromatic carbocycles. The molecule has 1 nitrogen and oxygen atoms in total. The van der Waals surface area contributed by atoms with Gasteiger partial charge in [-0.3, -0.25) is 4.90 Å². The highest BCUT2D eigenvalue weighted by molar-refractivity contribution is 5.48. The summed E-state index contributed by atoms with van der Waals surface area (Å²) in [4.78, 5) is 2.50. The van der Waals surface area contributed by atoms with Crippen molar-refractivity contribution < 1.29 is 0 Å². The summed E-state index contributed by atoms with van der Waals surface area (Å²) in [6.45, 7) is 1.07. The van der Waals surface area contributed by atoms with Gasteiger partial charge < -0.3 is 0 Å². The monoisotopic (exact) mass is 229 g/mol. The van der Waals surface area contributed by atoms with Crippen molar-refractivity contribution in [1.29, 1.82) is 0 Å². The van der Waals surface area contributed by atoms with Gasteiger partial charge in [-0.25, -0.2) is 0 Å². The molecule has 1 saturated carbocycles. The zero-order chi connectivity index (χ0) is 11.9. The van der Waals surface area contributed by atoms with E-state index in [1.54, 1.807) is 0 Å². The van der Waals surface area contributed by atoms with Gasteiger partial charge in [-0.2, -0.15) is 0 Å². The second-order valence-electron chi connectivity index (χ2n) is 5.04. The lowest BCUT2D eigenvalue weighted by Crippen LogP contribution is -2.33. The quantitative estimate of drug-likeness (QED) is 0.755. The molecule has 1 heteroatoms. The maximum Gasteiger partial charge on any atom is 0.0166 e. The normalized spacial score (nSPS) is 18.0. The molecule has 2 rings (SSSR count). The van der Waals surface area contributed by atoms with Crippen molar-refractivity contribution in [3.63, 3.8) is 0 Å². The van der Waals surface area contributed by atoms with E-state index in [9.17, 15) is 0 Å². The molecular weight excluding hydrogens is 206 g/mol. The topological polar surface area (TPSA) is 3.24 Å². The molecule has 0 amide bonds. The molecule has 0 N–H and O–H groups in total. The molecule has 0 spiro atoms. The van der Waals surface area contributed by atoms with Gasteiger partial charge in [0.25, 0.3) is 0 Å². The molecule has 0 saturated heterocycles. The molecule has 17 heavy (non-hydrogen) atoms. The van der Waals surface area contributed by atoms with Crippen LogP contribution in [0.5, 0.6) is 0 Å². The van der Waals surface area contributed by atoms with Gasteiger partial charge in [-0.05, 0) is 25.5 Å². The van der Waals surface area contributed by atoms with Crippen LogP contribution < -0.4 is 0 Å². The predicted molar refractivity (Wildman–Crippen MR) is 75.0 cm³/mol. The van der Waals surface area contributed by atoms with Gasteiger partial charge in [-0.1, -0.05) is 61.7 Å². The Balaban J connectivity index is 1.79. The van der Waals surface area contributed by atoms with Crippen molar-refractivity contribution in [2.24, 2.45) is 0 Å². The van der Waals surface area contributed by atoms with Crippen molar-refractivity contribution in [1.82, 2.24) is 4.90 Å². The summed E-state index contributed by atoms with van der Waals surface area (Å²) in [7, 11) is 2.26. The van der Waals surface area contributed by atoms with E-state index in [4.69, 9.17) is 0 Å². The number of likely N-dealkylation sites (N-methyl/N-ethyl adjacent to an activating group) is 1. The Morgan fingerprint density at radius 2 is 1.82 bits per heavy atom. The first-order valence-corrected chi connectivity index (χ1v) is 6.78. The van der Waals surface area contributed by atoms with E-state index in [-0.39, 0.29) is 0 Å². The van der Waals surface area contributed by atoms with Crippen LogP contribution in [-0.4, -0.2) is 24.5 Å². The van der Waals surface area contributed by atoms with Crippen LogP contribution in [0.3, 0.4) is 0 Å². The Hall–Kier alpha value is -1.08. The van der Waals surface area contributed by atoms with Crippen molar-refractivity contribution in [2.45, 2.75) is 38.1 Å². The van der Waals surface area contributed by atoms with Gasteiger partial charge >= 0.3 is 0 Å². The molecule has 0 aromatic heterocycles. The third-order valence-corrected chi connectivity index (χ3v) is 3.70. The molecule has 0 aliphatic heterocycles. The highest BCUT2D eigenvalue weighted by atomic mass is 15.1. The van der Waals surface area contributed by atoms with Gasteiger partial charge in [0.05, 0.1) is 0 Å². The minimum atomic E-state index is 0.809. The first-order chi connectivity index (χ1) is 8.36. The Kier molecular flexibility index (Phi) is 4.81. The summed E-state index contributed by atoms with van der Waals surface area (Å²) in [6, 6.07) is 11.3. The zero-order valence-electron chi connectivity index (χ0n) is 10.8. The van der Waals surface area contributed by atoms with Crippen molar-refractivity contribution in [3.8, 4) is 0 Å². The van der Waals surface area contributed by atoms with Gasteiger partial charge in [0.2, 0.25) is 0 Å². The Labute approximate surface area is 105 Å². The van der Waals surface area contributed by atoms with E-state index in [0.717, 1.165) is 12.6 Å². The van der Waals surface area contributed by atoms with E-state index in [1.165, 1.54) is 37.7 Å². The van der Waals surface area contributed by atoms with E-state index in [2.05, 4.69) is 54.4 Å². The van der Waals surface area contributed by atoms with Crippen molar-refractivity contribution >= 4 is 6.08 Å². The second-order valence-corrected chi connectivity index (χ2v) is 5.04. The molecule has 1 aromatic rings. The molecule has 0 heterocycles. The van der Waals surface area contributed by atoms with Gasteiger partial charge in [0.1, 0.15) is 0 Å². The summed E-state index contributed by atoms with van der Waals surface area (Å²) in [6.07, 6.45) is 11.5. The number of benzene rings is 1. The average molecular weight is 229 g/mol. The van der Waals surface area contributed by atoms with Crippen LogP contribution in [0.15, 0.2) is 36.4 Å². The number of hydrogen-bond acceptors (Lipinski definition) is 1. The Morgan fingerprint density at radius 1 is 1.12 bits per heavy atom. The van der Waals surface area contributed by atoms with Crippen LogP contribution in [0.25, 0.3) is 6.08 Å². The Morgan fingerprint density at radius 3 is 2.53 bits per heavy atom. The van der Waals surface area contributed by atoms with Gasteiger partial charge in [-0.15, -0.1) is 0 Å². The van der Waals surface area contributed by atoms with E-state index in [1.807, 2.05) is 0 Å². The van der Waals surface area contributed by atoms with Crippen LogP contribution in [-0.2, 0) is 0 Å². The third kappa shape index (κ3) is 4.01. The second kappa shape index (κ2) is 6.61. The minimum absolute atomic E-state index is 0.809. The van der Waals surface area contributed by atoms with E-state index in [0.29, 0.717) is 0 Å². The summed E-state index contributed by atoms with van der Waals surface area (Å²) in [5.74, 6) is 0. The highest BCUT2D eigenvalue weighted by Gasteiger charge is 2.16. The van der Waals surface area contributed by atoms with Crippen LogP contribution in [0.2, 0.25) is 0 Å². The fourth-order valence-electron chi connectivity index (χ4n) is 2.59. The fraction of sp³-hybridized carbons (Fsp3) is 0.500. The fourth-order valence-corrected chi connectivity index (χ4v) is 2.59. The van der Waals surface area contributed by atoms with Gasteiger partial charge in [0.15, 0.2) is 0 Å². The first-order valence-electron chi connectivity index (χ1n) is 6.78. The summed E-state index contributed by atoms with van der Waals surface area (Å²) < 4.78 is 0. The zero-order valence-corrected chi connectivity index (χ0v) is 10.8. The Bertz CT molecular complexity index is 336. The average Bonchev–Trinajstić information content (AvgIpc) is 2.41. The van der Waals surface area contributed by atoms with Crippen molar-refractivity contribution in [3.05, 3.63) is 42.0 Å². The molecule has 1 aliphatic rings. The van der Waals surface area contributed by atoms with E-state index < -0.39 is 0 Å². The van der Waals surface area contributed by atoms with E-state index >= 15 is 0 Å². The SMILES string of the molecule is CN(C/C=C/c1ccccc1)C1CCCCC1. The summed E-state index contributed by atoms with van der Waals surface area (Å²) >= 11 is 0. The summed E-state index contributed by atoms with van der Waals surface area (Å²) in [5.41, 5.74) is 1.30. The van der Waals surface area contributed by atoms with Crippen LogP contribution in [0.1, 0.15) is 37.7 Å². The van der Waals surface area contributed by atoms with Crippen LogP contribution in [0.4, 0.5) is 0 Å². The largest absolute Gasteiger partial charge is 0.300 e. The lowest BCUT2D eigenvalue weighted by molar-refractivity contribution is 0.209. The molecular formula is C16H23N. The maximum atomic E-state index is 2.50. The number of rotatable bonds is 4. The first kappa shape index (κ1) is 12.4. The molecule has 1 fully saturated rings. The number of nitrogens with zero attached hydrogens (tertiary/aromatic N) is 1. The molecule has 0 unspecified atom stereocenters. The highest BCUT2D eigenvalue weighted by Crippen LogP contribution is 2.21. The lowest BCUT2D eigenvalue weighted by atomic mass is 9.94. The lowest BCUT2D eigenvalue weighted by Gasteiger charge is -2.30. The van der Waals surface area contributed by atoms with Crippen LogP contribution >= 0.6 is 0 Å². The molecule has 1 aliphatic carbocycles. The standard InChI is InChI=1S/C16H23N/c1-17(16-12-6-3-7-13-16)14-8-11-15-9-4-2-5-10-15/h2,4-5,8-11,16H,3,6-7,12-14H2,1H3/b11-8+. The molecule has 0 radical (unpaired) electrons. The maximum absolute atomic E-state index is 2.50. The number of hydrogen-bond donors (Lipinski definition) is 0. The van der Waals surface area contributed by atoms with Gasteiger partial charge in [0, 0.05) is 12.6 Å². The smallest absolute Gasteiger partial charge is 0.0166 e. The minimum Gasteiger partial charge on any atom is -0.300 e. The third-order valence-electron chi connectivity index (χ3n) is 3.70. The predicted octanol–water partition coefficient (Wildman–Crippen LogP) is 3.96. The molecule has 0 atom stereocenters. The van der Waals surface area contributed by atoms with Crippen molar-refractivity contribution in [2.75, 3.05) is 13.6 Å². The molecule has 92 valence electrons. The van der Waals surface area contributed by atoms with Crippen LogP contribution in [0, 0.1) is 0 Å². The molecule has 0 bridgehead atoms.